The van der Waals surface area contributed by atoms with Crippen molar-refractivity contribution in [3.05, 3.63) is 92.2 Å². The van der Waals surface area contributed by atoms with Gasteiger partial charge in [0.1, 0.15) is 0 Å². The van der Waals surface area contributed by atoms with Gasteiger partial charge in [-0.1, -0.05) is 179 Å². The molecule has 0 aromatic carbocycles. The van der Waals surface area contributed by atoms with Crippen LogP contribution in [0.25, 0.3) is 0 Å². The summed E-state index contributed by atoms with van der Waals surface area (Å²) in [4.78, 5) is 0. The molecule has 575 valence electrons. The van der Waals surface area contributed by atoms with Gasteiger partial charge >= 0.3 is 0 Å². The standard InChI is InChI=1S/2C32H52N.C29H46N.C4H10.3Y/c2*1-9-20-33-32-18-13-23(21(2)3)28(32)24-10-11-27-30(7,25(24)14-19-32)17-15-26-29(5,6)22(4)12-16-31(26,27)8;1-18(2)20-11-16-29(30)17-12-22-21(25(20)29)8-9-24-27(22,6)15-13-23-26(4,5)19(3)10-14-28(23,24)7;1-3-4-2;;;/h2*12,23-28,33H,2,4,9-11,13-20H2,1,3,5-8H3;10,20-25H,1,3,8-9,11-17,30H2,2,4-7H3;3-4H2,1-2H3;;;/q3*-1;;;;/t2*23-,24-,25+,26-,27-,28+,30-,31-,32-;20-,21-,22+,23-,24-,25+,27-,28-,29-;;;;/m000..../s1. The smallest absolute Gasteiger partial charge is 0.0218 e. The summed E-state index contributed by atoms with van der Waals surface area (Å²) in [5.74, 6) is 14.7. The SMILES string of the molecule is C=C(C)[C@@H]1CC[C@]2(N)CC[C@@H]3[C@H](CC[C@H]4[C@@]3(C)CC[C@H]3C(C)(C)C([CH2-])=CC[C@]43C)[C@@H]12.C=C(C)[C@@H]1CC[C@]2(NCCC)CC[C@@H]3[C@H](CC[C@H]4[C@@]3(C)CC[C@H]3C(C)(C)C([CH2-])=CC[C@]43C)[C@@H]12.C=C(C)[C@@H]1CC[C@]2(NCCC)CC[C@@H]3[C@H](CC[C@H]4[C@@]3(C)CC[C@H]3C(C)(C)C([CH2-])=CC[C@]43C)[C@@H]12.CCCC.[Y].[Y].[Y]. The van der Waals surface area contributed by atoms with Crippen molar-refractivity contribution in [3.63, 3.8) is 0 Å². The molecule has 0 unspecified atom stereocenters. The number of nitrogens with two attached hydrogens (primary N) is 1. The van der Waals surface area contributed by atoms with Crippen molar-refractivity contribution in [1.29, 1.82) is 0 Å². The van der Waals surface area contributed by atoms with E-state index in [1.807, 2.05) is 0 Å². The topological polar surface area (TPSA) is 50.1 Å². The van der Waals surface area contributed by atoms with Crippen LogP contribution in [-0.4, -0.2) is 29.7 Å². The van der Waals surface area contributed by atoms with Gasteiger partial charge in [-0.15, -0.1) is 0 Å². The maximum atomic E-state index is 7.14. The Bertz CT molecular complexity index is 2970. The zero-order chi connectivity index (χ0) is 72.7. The van der Waals surface area contributed by atoms with Crippen LogP contribution in [0.5, 0.6) is 0 Å². The Labute approximate surface area is 714 Å². The first kappa shape index (κ1) is 88.2. The van der Waals surface area contributed by atoms with Gasteiger partial charge < -0.3 is 16.4 Å². The van der Waals surface area contributed by atoms with E-state index in [1.165, 1.54) is 246 Å². The van der Waals surface area contributed by atoms with Gasteiger partial charge in [0.05, 0.1) is 0 Å². The second kappa shape index (κ2) is 32.1. The molecular formula is C97H160N3Y3-3. The number of unbranched alkanes of at least 4 members (excludes halogenated alkanes) is 1. The second-order valence-corrected chi connectivity index (χ2v) is 43.0. The number of nitrogens with one attached hydrogen (secondary N) is 2. The van der Waals surface area contributed by atoms with Crippen molar-refractivity contribution in [3.8, 4) is 0 Å². The summed E-state index contributed by atoms with van der Waals surface area (Å²) in [5, 5.41) is 8.32. The van der Waals surface area contributed by atoms with E-state index in [1.54, 1.807) is 0 Å². The molecule has 0 spiro atoms. The third-order valence-electron chi connectivity index (χ3n) is 37.9. The minimum absolute atomic E-state index is 0. The maximum absolute atomic E-state index is 7.14. The molecule has 3 nitrogen and oxygen atoms in total. The monoisotopic (exact) mass is 1630 g/mol. The van der Waals surface area contributed by atoms with Crippen LogP contribution in [0.3, 0.4) is 0 Å². The van der Waals surface area contributed by atoms with E-state index in [2.05, 4.69) is 201 Å². The molecule has 0 bridgehead atoms. The Morgan fingerprint density at radius 2 is 0.631 bits per heavy atom. The molecule has 0 heterocycles. The Balaban J connectivity index is 0.000000172. The van der Waals surface area contributed by atoms with Crippen molar-refractivity contribution in [1.82, 2.24) is 10.6 Å². The van der Waals surface area contributed by atoms with Gasteiger partial charge in [0.25, 0.3) is 0 Å². The number of rotatable bonds is 10. The van der Waals surface area contributed by atoms with E-state index in [0.717, 1.165) is 94.7 Å². The first-order valence-electron chi connectivity index (χ1n) is 43.7. The Morgan fingerprint density at radius 1 is 0.359 bits per heavy atom. The van der Waals surface area contributed by atoms with Gasteiger partial charge in [-0.2, -0.15) is 0 Å². The zero-order valence-corrected chi connectivity index (χ0v) is 79.5. The van der Waals surface area contributed by atoms with E-state index in [4.69, 9.17) is 5.73 Å². The molecule has 4 N–H and O–H groups in total. The third kappa shape index (κ3) is 14.2. The van der Waals surface area contributed by atoms with Crippen LogP contribution in [0.2, 0.25) is 0 Å². The number of hydrogen-bond acceptors (Lipinski definition) is 3. The predicted molar refractivity (Wildman–Crippen MR) is 432 cm³/mol. The van der Waals surface area contributed by atoms with Gasteiger partial charge in [-0.3, -0.25) is 0 Å². The van der Waals surface area contributed by atoms with Crippen LogP contribution < -0.4 is 16.4 Å². The minimum Gasteiger partial charge on any atom is -0.325 e. The van der Waals surface area contributed by atoms with Crippen molar-refractivity contribution in [2.45, 2.75) is 347 Å². The van der Waals surface area contributed by atoms with Crippen LogP contribution >= 0.6 is 0 Å². The maximum Gasteiger partial charge on any atom is 0.0218 e. The summed E-state index contributed by atoms with van der Waals surface area (Å²) in [7, 11) is 0. The fraction of sp³-hybridized carbons (Fsp3) is 0.845. The molecule has 27 atom stereocenters. The van der Waals surface area contributed by atoms with Gasteiger partial charge in [0.2, 0.25) is 0 Å². The van der Waals surface area contributed by atoms with Gasteiger partial charge in [0.15, 0.2) is 0 Å². The molecule has 0 aromatic rings. The fourth-order valence-electron chi connectivity index (χ4n) is 32.9. The molecule has 0 aromatic heterocycles. The molecule has 0 amide bonds. The normalized spacial score (nSPS) is 48.4. The zero-order valence-electron chi connectivity index (χ0n) is 71.0. The average Bonchev–Trinajstić information content (AvgIpc) is 1.69. The van der Waals surface area contributed by atoms with Crippen molar-refractivity contribution in [2.75, 3.05) is 13.1 Å². The summed E-state index contributed by atoms with van der Waals surface area (Å²) < 4.78 is 0. The second-order valence-electron chi connectivity index (χ2n) is 43.0. The number of fused-ring (bicyclic) bond motifs is 21. The molecule has 12 fully saturated rings. The van der Waals surface area contributed by atoms with Crippen molar-refractivity contribution < 1.29 is 98.1 Å². The first-order valence-corrected chi connectivity index (χ1v) is 43.7. The molecule has 3 radical (unpaired) electrons. The molecule has 103 heavy (non-hydrogen) atoms. The molecule has 15 rings (SSSR count). The van der Waals surface area contributed by atoms with E-state index in [9.17, 15) is 0 Å². The Hall–Kier alpha value is 1.24. The van der Waals surface area contributed by atoms with Gasteiger partial charge in [-0.05, 0) is 356 Å². The summed E-state index contributed by atoms with van der Waals surface area (Å²) in [6, 6.07) is 0. The average molecular weight is 1640 g/mol. The summed E-state index contributed by atoms with van der Waals surface area (Å²) in [6.45, 7) is 76.4. The van der Waals surface area contributed by atoms with E-state index in [-0.39, 0.29) is 120 Å². The van der Waals surface area contributed by atoms with Crippen LogP contribution in [0.15, 0.2) is 71.4 Å². The number of allylic oxidation sites excluding steroid dienone is 9. The summed E-state index contributed by atoms with van der Waals surface area (Å²) in [5.41, 5.74) is 20.1. The van der Waals surface area contributed by atoms with E-state index in [0.29, 0.717) is 55.4 Å². The molecule has 15 aliphatic carbocycles. The molecule has 12 saturated carbocycles. The molecule has 6 heteroatoms. The van der Waals surface area contributed by atoms with Gasteiger partial charge in [-0.25, -0.2) is 55.7 Å². The van der Waals surface area contributed by atoms with Crippen LogP contribution in [0.4, 0.5) is 0 Å². The summed E-state index contributed by atoms with van der Waals surface area (Å²) >= 11 is 0. The van der Waals surface area contributed by atoms with Crippen molar-refractivity contribution in [2.24, 2.45) is 161 Å². The molecule has 0 saturated heterocycles. The molecule has 15 aliphatic rings. The largest absolute Gasteiger partial charge is 0.325 e. The van der Waals surface area contributed by atoms with Gasteiger partial charge in [0, 0.05) is 115 Å². The Morgan fingerprint density at radius 3 is 0.932 bits per heavy atom. The summed E-state index contributed by atoms with van der Waals surface area (Å²) in [6.07, 6.45) is 49.9. The fourth-order valence-corrected chi connectivity index (χ4v) is 32.9. The number of hydrogen-bond donors (Lipinski definition) is 3. The van der Waals surface area contributed by atoms with E-state index < -0.39 is 0 Å². The van der Waals surface area contributed by atoms with Crippen LogP contribution in [0.1, 0.15) is 331 Å². The predicted octanol–water partition coefficient (Wildman–Crippen LogP) is 25.9. The minimum atomic E-state index is 0. The van der Waals surface area contributed by atoms with Crippen molar-refractivity contribution >= 4 is 0 Å². The third-order valence-corrected chi connectivity index (χ3v) is 37.9. The molecular weight excluding hydrogens is 1470 g/mol. The van der Waals surface area contributed by atoms with E-state index >= 15 is 0 Å². The molecule has 0 aliphatic heterocycles. The van der Waals surface area contributed by atoms with Crippen LogP contribution in [-0.2, 0) is 98.1 Å². The quantitative estimate of drug-likeness (QED) is 0.151. The first-order chi connectivity index (χ1) is 46.9. The Kier molecular flexibility index (Phi) is 27.5. The van der Waals surface area contributed by atoms with Crippen LogP contribution in [0, 0.1) is 176 Å².